The van der Waals surface area contributed by atoms with Crippen molar-refractivity contribution in [1.82, 2.24) is 0 Å². The van der Waals surface area contributed by atoms with Gasteiger partial charge in [-0.05, 0) is 55.3 Å². The van der Waals surface area contributed by atoms with Crippen molar-refractivity contribution in [2.45, 2.75) is 13.8 Å². The average molecular weight is 287 g/mol. The number of carboxylic acids is 1. The summed E-state index contributed by atoms with van der Waals surface area (Å²) in [6.07, 6.45) is 0. The lowest BCUT2D eigenvalue weighted by Gasteiger charge is -2.11. The molecule has 0 heterocycles. The molecule has 2 aromatic rings. The van der Waals surface area contributed by atoms with Crippen LogP contribution in [0, 0.1) is 19.7 Å². The minimum atomic E-state index is -1.05. The summed E-state index contributed by atoms with van der Waals surface area (Å²) < 4.78 is 13.0. The average Bonchev–Trinajstić information content (AvgIpc) is 2.40. The third-order valence-electron chi connectivity index (χ3n) is 3.25. The van der Waals surface area contributed by atoms with Gasteiger partial charge in [0.2, 0.25) is 0 Å². The van der Waals surface area contributed by atoms with Gasteiger partial charge in [-0.1, -0.05) is 6.07 Å². The molecule has 0 aliphatic rings. The molecule has 108 valence electrons. The number of hydrogen-bond donors (Lipinski definition) is 2. The fraction of sp³-hybridized carbons (Fsp3) is 0.125. The van der Waals surface area contributed by atoms with Gasteiger partial charge in [0, 0.05) is 11.3 Å². The number of aryl methyl sites for hydroxylation is 1. The molecule has 1 amide bonds. The molecular weight excluding hydrogens is 273 g/mol. The molecule has 0 saturated carbocycles. The van der Waals surface area contributed by atoms with Crippen LogP contribution in [0.3, 0.4) is 0 Å². The molecule has 5 heteroatoms. The lowest BCUT2D eigenvalue weighted by atomic mass is 10.1. The van der Waals surface area contributed by atoms with E-state index in [2.05, 4.69) is 5.32 Å². The predicted molar refractivity (Wildman–Crippen MR) is 77.2 cm³/mol. The summed E-state index contributed by atoms with van der Waals surface area (Å²) in [5, 5.41) is 11.7. The number of nitrogens with one attached hydrogen (secondary N) is 1. The van der Waals surface area contributed by atoms with Gasteiger partial charge < -0.3 is 10.4 Å². The summed E-state index contributed by atoms with van der Waals surface area (Å²) in [6, 6.07) is 8.53. The third-order valence-corrected chi connectivity index (χ3v) is 3.25. The Labute approximate surface area is 121 Å². The highest BCUT2D eigenvalue weighted by Crippen LogP contribution is 2.20. The highest BCUT2D eigenvalue weighted by Gasteiger charge is 2.14. The molecule has 0 aliphatic heterocycles. The minimum Gasteiger partial charge on any atom is -0.478 e. The van der Waals surface area contributed by atoms with Gasteiger partial charge in [0.25, 0.3) is 5.91 Å². The van der Waals surface area contributed by atoms with Crippen molar-refractivity contribution in [3.8, 4) is 0 Å². The molecule has 2 rings (SSSR count). The first-order valence-corrected chi connectivity index (χ1v) is 6.30. The van der Waals surface area contributed by atoms with Gasteiger partial charge in [-0.15, -0.1) is 0 Å². The SMILES string of the molecule is Cc1cc(F)ccc1C(=O)Nc1cccc(C(=O)O)c1C. The zero-order valence-electron chi connectivity index (χ0n) is 11.6. The Kier molecular flexibility index (Phi) is 4.03. The molecule has 0 aromatic heterocycles. The standard InChI is InChI=1S/C16H14FNO3/c1-9-8-11(17)6-7-12(9)15(19)18-14-5-3-4-13(10(14)2)16(20)21/h3-8H,1-2H3,(H,18,19)(H,20,21). The Morgan fingerprint density at radius 3 is 2.43 bits per heavy atom. The van der Waals surface area contributed by atoms with Gasteiger partial charge in [0.15, 0.2) is 0 Å². The first kappa shape index (κ1) is 14.7. The maximum atomic E-state index is 13.0. The smallest absolute Gasteiger partial charge is 0.336 e. The van der Waals surface area contributed by atoms with E-state index in [0.29, 0.717) is 22.4 Å². The van der Waals surface area contributed by atoms with E-state index in [9.17, 15) is 14.0 Å². The first-order chi connectivity index (χ1) is 9.90. The molecule has 0 spiro atoms. The zero-order valence-corrected chi connectivity index (χ0v) is 11.6. The number of carboxylic acid groups (broad SMARTS) is 1. The molecule has 0 unspecified atom stereocenters. The second kappa shape index (κ2) is 5.75. The summed E-state index contributed by atoms with van der Waals surface area (Å²) in [5.74, 6) is -1.87. The second-order valence-electron chi connectivity index (χ2n) is 4.70. The molecule has 0 radical (unpaired) electrons. The molecule has 0 fully saturated rings. The summed E-state index contributed by atoms with van der Waals surface area (Å²) in [4.78, 5) is 23.3. The van der Waals surface area contributed by atoms with E-state index >= 15 is 0 Å². The Balaban J connectivity index is 2.32. The van der Waals surface area contributed by atoms with Gasteiger partial charge in [-0.3, -0.25) is 4.79 Å². The molecule has 2 N–H and O–H groups in total. The van der Waals surface area contributed by atoms with E-state index in [1.165, 1.54) is 24.3 Å². The van der Waals surface area contributed by atoms with Crippen LogP contribution in [0.2, 0.25) is 0 Å². The maximum absolute atomic E-state index is 13.0. The van der Waals surface area contributed by atoms with Crippen molar-refractivity contribution in [2.24, 2.45) is 0 Å². The maximum Gasteiger partial charge on any atom is 0.336 e. The Bertz CT molecular complexity index is 725. The van der Waals surface area contributed by atoms with Crippen LogP contribution < -0.4 is 5.32 Å². The first-order valence-electron chi connectivity index (χ1n) is 6.30. The third kappa shape index (κ3) is 3.08. The summed E-state index contributed by atoms with van der Waals surface area (Å²) >= 11 is 0. The molecular formula is C16H14FNO3. The number of rotatable bonds is 3. The molecule has 0 aliphatic carbocycles. The van der Waals surface area contributed by atoms with E-state index in [-0.39, 0.29) is 5.56 Å². The quantitative estimate of drug-likeness (QED) is 0.909. The van der Waals surface area contributed by atoms with Crippen molar-refractivity contribution in [2.75, 3.05) is 5.32 Å². The molecule has 2 aromatic carbocycles. The molecule has 0 bridgehead atoms. The van der Waals surface area contributed by atoms with Crippen LogP contribution >= 0.6 is 0 Å². The van der Waals surface area contributed by atoms with Crippen LogP contribution in [0.25, 0.3) is 0 Å². The number of carbonyl (C=O) groups is 2. The highest BCUT2D eigenvalue weighted by molar-refractivity contribution is 6.06. The van der Waals surface area contributed by atoms with Gasteiger partial charge in [-0.2, -0.15) is 0 Å². The van der Waals surface area contributed by atoms with Crippen molar-refractivity contribution < 1.29 is 19.1 Å². The van der Waals surface area contributed by atoms with Gasteiger partial charge in [0.05, 0.1) is 5.56 Å². The summed E-state index contributed by atoms with van der Waals surface area (Å²) in [6.45, 7) is 3.26. The van der Waals surface area contributed by atoms with Crippen molar-refractivity contribution in [3.63, 3.8) is 0 Å². The fourth-order valence-electron chi connectivity index (χ4n) is 2.07. The number of carbonyl (C=O) groups excluding carboxylic acids is 1. The summed E-state index contributed by atoms with van der Waals surface area (Å²) in [5.41, 5.74) is 1.88. The normalized spacial score (nSPS) is 10.2. The van der Waals surface area contributed by atoms with Crippen LogP contribution in [-0.4, -0.2) is 17.0 Å². The number of hydrogen-bond acceptors (Lipinski definition) is 2. The number of aromatic carboxylic acids is 1. The van der Waals surface area contributed by atoms with Crippen LogP contribution in [0.1, 0.15) is 31.8 Å². The van der Waals surface area contributed by atoms with Crippen LogP contribution in [0.4, 0.5) is 10.1 Å². The van der Waals surface area contributed by atoms with E-state index in [1.807, 2.05) is 0 Å². The van der Waals surface area contributed by atoms with E-state index in [4.69, 9.17) is 5.11 Å². The van der Waals surface area contributed by atoms with Crippen molar-refractivity contribution >= 4 is 17.6 Å². The van der Waals surface area contributed by atoms with Crippen molar-refractivity contribution in [3.05, 3.63) is 64.5 Å². The van der Waals surface area contributed by atoms with E-state index < -0.39 is 17.7 Å². The monoisotopic (exact) mass is 287 g/mol. The Morgan fingerprint density at radius 2 is 1.81 bits per heavy atom. The van der Waals surface area contributed by atoms with Crippen LogP contribution in [-0.2, 0) is 0 Å². The minimum absolute atomic E-state index is 0.128. The van der Waals surface area contributed by atoms with Crippen LogP contribution in [0.5, 0.6) is 0 Å². The largest absolute Gasteiger partial charge is 0.478 e. The molecule has 21 heavy (non-hydrogen) atoms. The van der Waals surface area contributed by atoms with Crippen LogP contribution in [0.15, 0.2) is 36.4 Å². The van der Waals surface area contributed by atoms with Gasteiger partial charge in [-0.25, -0.2) is 9.18 Å². The number of amides is 1. The number of benzene rings is 2. The number of halogens is 1. The molecule has 0 atom stereocenters. The fourth-order valence-corrected chi connectivity index (χ4v) is 2.07. The predicted octanol–water partition coefficient (Wildman–Crippen LogP) is 3.39. The zero-order chi connectivity index (χ0) is 15.6. The Morgan fingerprint density at radius 1 is 1.10 bits per heavy atom. The number of anilines is 1. The lowest BCUT2D eigenvalue weighted by molar-refractivity contribution is 0.0695. The highest BCUT2D eigenvalue weighted by atomic mass is 19.1. The second-order valence-corrected chi connectivity index (χ2v) is 4.70. The van der Waals surface area contributed by atoms with Crippen molar-refractivity contribution in [1.29, 1.82) is 0 Å². The summed E-state index contributed by atoms with van der Waals surface area (Å²) in [7, 11) is 0. The molecule has 4 nitrogen and oxygen atoms in total. The topological polar surface area (TPSA) is 66.4 Å². The van der Waals surface area contributed by atoms with Gasteiger partial charge in [0.1, 0.15) is 5.82 Å². The van der Waals surface area contributed by atoms with E-state index in [1.54, 1.807) is 26.0 Å². The Hall–Kier alpha value is -2.69. The molecule has 0 saturated heterocycles. The lowest BCUT2D eigenvalue weighted by Crippen LogP contribution is -2.15. The van der Waals surface area contributed by atoms with Gasteiger partial charge >= 0.3 is 5.97 Å². The van der Waals surface area contributed by atoms with E-state index in [0.717, 1.165) is 0 Å².